The minimum Gasteiger partial charge on any atom is -0.331 e. The minimum absolute atomic E-state index is 0.0892. The number of aromatic nitrogens is 4. The standard InChI is InChI=1S/C20H23N5O/c1-13-18(14(2)24(3)23-13)12-25(17-8-9-17)20(26)16-6-4-15(5-7-16)19-10-11-21-22-19/h4-7,10-11,17H,8-9,12H2,1-3H3,(H,21,22). The van der Waals surface area contributed by atoms with Crippen molar-refractivity contribution in [1.82, 2.24) is 24.9 Å². The maximum absolute atomic E-state index is 13.1. The topological polar surface area (TPSA) is 66.8 Å². The number of hydrogen-bond donors (Lipinski definition) is 1. The van der Waals surface area contributed by atoms with Crippen molar-refractivity contribution in [2.75, 3.05) is 0 Å². The van der Waals surface area contributed by atoms with E-state index in [-0.39, 0.29) is 5.91 Å². The highest BCUT2D eigenvalue weighted by atomic mass is 16.2. The lowest BCUT2D eigenvalue weighted by molar-refractivity contribution is 0.0729. The maximum Gasteiger partial charge on any atom is 0.254 e. The predicted molar refractivity (Wildman–Crippen MR) is 99.6 cm³/mol. The van der Waals surface area contributed by atoms with Gasteiger partial charge in [-0.05, 0) is 50.5 Å². The molecule has 134 valence electrons. The molecule has 1 N–H and O–H groups in total. The van der Waals surface area contributed by atoms with Gasteiger partial charge in [-0.2, -0.15) is 10.2 Å². The van der Waals surface area contributed by atoms with Crippen molar-refractivity contribution in [3.8, 4) is 11.3 Å². The van der Waals surface area contributed by atoms with Gasteiger partial charge in [-0.25, -0.2) is 0 Å². The molecule has 1 aliphatic rings. The first-order chi connectivity index (χ1) is 12.5. The summed E-state index contributed by atoms with van der Waals surface area (Å²) in [7, 11) is 1.95. The molecule has 26 heavy (non-hydrogen) atoms. The first kappa shape index (κ1) is 16.6. The molecule has 6 heteroatoms. The number of H-pyrrole nitrogens is 1. The van der Waals surface area contributed by atoms with Crippen molar-refractivity contribution in [3.63, 3.8) is 0 Å². The predicted octanol–water partition coefficient (Wildman–Crippen LogP) is 3.23. The molecular weight excluding hydrogens is 326 g/mol. The molecule has 0 bridgehead atoms. The van der Waals surface area contributed by atoms with E-state index >= 15 is 0 Å². The molecule has 0 atom stereocenters. The fourth-order valence-corrected chi connectivity index (χ4v) is 3.34. The third-order valence-electron chi connectivity index (χ3n) is 5.18. The Bertz CT molecular complexity index is 920. The molecule has 1 amide bonds. The zero-order chi connectivity index (χ0) is 18.3. The number of amides is 1. The third kappa shape index (κ3) is 3.03. The van der Waals surface area contributed by atoms with Gasteiger partial charge in [-0.3, -0.25) is 14.6 Å². The van der Waals surface area contributed by atoms with Gasteiger partial charge in [-0.15, -0.1) is 0 Å². The van der Waals surface area contributed by atoms with E-state index < -0.39 is 0 Å². The van der Waals surface area contributed by atoms with Crippen molar-refractivity contribution in [2.45, 2.75) is 39.3 Å². The summed E-state index contributed by atoms with van der Waals surface area (Å²) >= 11 is 0. The van der Waals surface area contributed by atoms with Gasteiger partial charge in [-0.1, -0.05) is 12.1 Å². The van der Waals surface area contributed by atoms with Crippen LogP contribution in [0, 0.1) is 13.8 Å². The van der Waals surface area contributed by atoms with E-state index in [1.807, 2.05) is 53.9 Å². The van der Waals surface area contributed by atoms with E-state index in [1.54, 1.807) is 6.20 Å². The molecule has 0 saturated heterocycles. The van der Waals surface area contributed by atoms with Crippen LogP contribution in [0.3, 0.4) is 0 Å². The Kier molecular flexibility index (Phi) is 4.11. The van der Waals surface area contributed by atoms with Crippen LogP contribution < -0.4 is 0 Å². The fourth-order valence-electron chi connectivity index (χ4n) is 3.34. The Morgan fingerprint density at radius 1 is 1.23 bits per heavy atom. The number of nitrogens with one attached hydrogen (secondary N) is 1. The van der Waals surface area contributed by atoms with Crippen molar-refractivity contribution in [1.29, 1.82) is 0 Å². The molecule has 0 radical (unpaired) electrons. The lowest BCUT2D eigenvalue weighted by Crippen LogP contribution is -2.33. The maximum atomic E-state index is 13.1. The summed E-state index contributed by atoms with van der Waals surface area (Å²) in [5.41, 5.74) is 5.97. The van der Waals surface area contributed by atoms with E-state index in [2.05, 4.69) is 22.2 Å². The second kappa shape index (κ2) is 6.44. The van der Waals surface area contributed by atoms with Crippen LogP contribution in [0.25, 0.3) is 11.3 Å². The zero-order valence-corrected chi connectivity index (χ0v) is 15.4. The van der Waals surface area contributed by atoms with Crippen LogP contribution >= 0.6 is 0 Å². The molecule has 3 aromatic rings. The molecule has 0 unspecified atom stereocenters. The molecule has 1 aromatic carbocycles. The molecule has 4 rings (SSSR count). The number of aromatic amines is 1. The number of benzene rings is 1. The number of hydrogen-bond acceptors (Lipinski definition) is 3. The van der Waals surface area contributed by atoms with Crippen LogP contribution in [0.5, 0.6) is 0 Å². The summed E-state index contributed by atoms with van der Waals surface area (Å²) in [6.45, 7) is 4.69. The van der Waals surface area contributed by atoms with Gasteiger partial charge in [0.2, 0.25) is 0 Å². The van der Waals surface area contributed by atoms with Crippen LogP contribution in [-0.4, -0.2) is 36.8 Å². The van der Waals surface area contributed by atoms with Crippen LogP contribution in [-0.2, 0) is 13.6 Å². The van der Waals surface area contributed by atoms with Crippen LogP contribution in [0.2, 0.25) is 0 Å². The van der Waals surface area contributed by atoms with E-state index in [0.717, 1.165) is 46.6 Å². The number of carbonyl (C=O) groups excluding carboxylic acids is 1. The first-order valence-electron chi connectivity index (χ1n) is 8.94. The summed E-state index contributed by atoms with van der Waals surface area (Å²) in [5.74, 6) is 0.0892. The second-order valence-electron chi connectivity index (χ2n) is 6.98. The summed E-state index contributed by atoms with van der Waals surface area (Å²) in [6.07, 6.45) is 3.88. The Morgan fingerprint density at radius 3 is 2.50 bits per heavy atom. The average molecular weight is 349 g/mol. The van der Waals surface area contributed by atoms with Crippen molar-refractivity contribution in [2.24, 2.45) is 7.05 Å². The van der Waals surface area contributed by atoms with Gasteiger partial charge in [0.25, 0.3) is 5.91 Å². The number of rotatable bonds is 5. The highest BCUT2D eigenvalue weighted by Crippen LogP contribution is 2.31. The lowest BCUT2D eigenvalue weighted by Gasteiger charge is -2.23. The molecule has 2 aromatic heterocycles. The SMILES string of the molecule is Cc1nn(C)c(C)c1CN(C(=O)c1ccc(-c2ccn[nH]2)cc1)C1CC1. The van der Waals surface area contributed by atoms with E-state index in [4.69, 9.17) is 0 Å². The molecule has 2 heterocycles. The fraction of sp³-hybridized carbons (Fsp3) is 0.350. The van der Waals surface area contributed by atoms with Gasteiger partial charge >= 0.3 is 0 Å². The van der Waals surface area contributed by atoms with Crippen molar-refractivity contribution < 1.29 is 4.79 Å². The zero-order valence-electron chi connectivity index (χ0n) is 15.4. The van der Waals surface area contributed by atoms with E-state index in [9.17, 15) is 4.79 Å². The smallest absolute Gasteiger partial charge is 0.254 e. The Labute approximate surface area is 152 Å². The van der Waals surface area contributed by atoms with Gasteiger partial charge in [0.05, 0.1) is 11.4 Å². The lowest BCUT2D eigenvalue weighted by atomic mass is 10.1. The molecular formula is C20H23N5O. The van der Waals surface area contributed by atoms with E-state index in [0.29, 0.717) is 12.6 Å². The summed E-state index contributed by atoms with van der Waals surface area (Å²) in [6, 6.07) is 9.99. The number of carbonyl (C=O) groups is 1. The molecule has 6 nitrogen and oxygen atoms in total. The van der Waals surface area contributed by atoms with Crippen molar-refractivity contribution in [3.05, 3.63) is 59.0 Å². The van der Waals surface area contributed by atoms with Gasteiger partial charge < -0.3 is 4.90 Å². The number of aryl methyl sites for hydroxylation is 2. The first-order valence-corrected chi connectivity index (χ1v) is 8.94. The normalized spacial score (nSPS) is 13.8. The summed E-state index contributed by atoms with van der Waals surface area (Å²) in [5, 5.41) is 11.4. The average Bonchev–Trinajstić information content (AvgIpc) is 3.27. The molecule has 0 aliphatic heterocycles. The van der Waals surface area contributed by atoms with Crippen molar-refractivity contribution >= 4 is 5.91 Å². The molecule has 1 aliphatic carbocycles. The van der Waals surface area contributed by atoms with Crippen LogP contribution in [0.1, 0.15) is 40.2 Å². The highest BCUT2D eigenvalue weighted by Gasteiger charge is 2.34. The number of nitrogens with zero attached hydrogens (tertiary/aromatic N) is 4. The Morgan fingerprint density at radius 2 is 1.96 bits per heavy atom. The summed E-state index contributed by atoms with van der Waals surface area (Å²) in [4.78, 5) is 15.1. The quantitative estimate of drug-likeness (QED) is 0.769. The Hall–Kier alpha value is -2.89. The van der Waals surface area contributed by atoms with Gasteiger partial charge in [0.1, 0.15) is 0 Å². The molecule has 1 fully saturated rings. The van der Waals surface area contributed by atoms with Gasteiger partial charge in [0.15, 0.2) is 0 Å². The third-order valence-corrected chi connectivity index (χ3v) is 5.18. The van der Waals surface area contributed by atoms with E-state index in [1.165, 1.54) is 0 Å². The van der Waals surface area contributed by atoms with Crippen LogP contribution in [0.15, 0.2) is 36.5 Å². The molecule has 1 saturated carbocycles. The second-order valence-corrected chi connectivity index (χ2v) is 6.98. The van der Waals surface area contributed by atoms with Gasteiger partial charge in [0, 0.05) is 42.7 Å². The summed E-state index contributed by atoms with van der Waals surface area (Å²) < 4.78 is 1.89. The Balaban J connectivity index is 1.58. The largest absolute Gasteiger partial charge is 0.331 e. The highest BCUT2D eigenvalue weighted by molar-refractivity contribution is 5.95. The monoisotopic (exact) mass is 349 g/mol. The van der Waals surface area contributed by atoms with Crippen LogP contribution in [0.4, 0.5) is 0 Å². The minimum atomic E-state index is 0.0892. The molecule has 0 spiro atoms.